The maximum absolute atomic E-state index is 9.85. The third-order valence-corrected chi connectivity index (χ3v) is 5.87. The zero-order valence-corrected chi connectivity index (χ0v) is 20.0. The number of hydrogen-bond donors (Lipinski definition) is 2. The summed E-state index contributed by atoms with van der Waals surface area (Å²) in [5.41, 5.74) is 3.71. The van der Waals surface area contributed by atoms with Gasteiger partial charge in [-0.2, -0.15) is 0 Å². The van der Waals surface area contributed by atoms with Crippen LogP contribution in [0.4, 0.5) is 0 Å². The van der Waals surface area contributed by atoms with Gasteiger partial charge >= 0.3 is 0 Å². The average molecular weight is 464 g/mol. The minimum absolute atomic E-state index is 0.0187. The second kappa shape index (κ2) is 13.5. The van der Waals surface area contributed by atoms with E-state index in [-0.39, 0.29) is 11.9 Å². The lowest BCUT2D eigenvalue weighted by atomic mass is 10.0. The number of phenols is 1. The third kappa shape index (κ3) is 8.78. The molecule has 0 bridgehead atoms. The first-order chi connectivity index (χ1) is 16.1. The molecule has 3 rings (SSSR count). The van der Waals surface area contributed by atoms with E-state index in [2.05, 4.69) is 41.7 Å². The van der Waals surface area contributed by atoms with E-state index >= 15 is 0 Å². The molecule has 0 aromatic heterocycles. The quantitative estimate of drug-likeness (QED) is 0.330. The van der Waals surface area contributed by atoms with Crippen molar-refractivity contribution in [2.24, 2.45) is 0 Å². The lowest BCUT2D eigenvalue weighted by Crippen LogP contribution is -2.30. The number of thiocarbonyl (C=S) groups is 1. The fourth-order valence-electron chi connectivity index (χ4n) is 3.79. The van der Waals surface area contributed by atoms with Gasteiger partial charge in [0.1, 0.15) is 6.10 Å². The Kier molecular flexibility index (Phi) is 10.0. The molecule has 0 radical (unpaired) electrons. The molecule has 4 nitrogen and oxygen atoms in total. The van der Waals surface area contributed by atoms with E-state index in [1.807, 2.05) is 36.4 Å². The van der Waals surface area contributed by atoms with Gasteiger partial charge in [-0.15, -0.1) is 0 Å². The minimum atomic E-state index is 0.0187. The zero-order valence-electron chi connectivity index (χ0n) is 19.2. The molecule has 0 aliphatic rings. The van der Waals surface area contributed by atoms with Crippen LogP contribution >= 0.6 is 12.2 Å². The van der Waals surface area contributed by atoms with E-state index in [0.717, 1.165) is 50.6 Å². The minimum Gasteiger partial charge on any atom is -0.504 e. The Morgan fingerprint density at radius 1 is 0.848 bits per heavy atom. The van der Waals surface area contributed by atoms with E-state index in [4.69, 9.17) is 21.7 Å². The van der Waals surface area contributed by atoms with E-state index in [1.165, 1.54) is 11.1 Å². The van der Waals surface area contributed by atoms with Crippen molar-refractivity contribution in [1.29, 1.82) is 0 Å². The van der Waals surface area contributed by atoms with Crippen molar-refractivity contribution >= 4 is 17.4 Å². The standard InChI is InChI=1S/C28H33NO3S/c1-31-27-21-24(16-18-26(27)30)15-17-25(14-8-13-22-9-4-2-5-10-22)32-28(33)29-20-19-23-11-6-3-7-12-23/h2-7,9-12,16,18,21,25,30H,8,13-15,17,19-20H2,1H3,(H,29,33). The van der Waals surface area contributed by atoms with Crippen molar-refractivity contribution in [3.8, 4) is 11.5 Å². The predicted molar refractivity (Wildman–Crippen MR) is 138 cm³/mol. The second-order valence-electron chi connectivity index (χ2n) is 8.11. The number of ether oxygens (including phenoxy) is 2. The van der Waals surface area contributed by atoms with Crippen LogP contribution in [0.2, 0.25) is 0 Å². The molecule has 1 unspecified atom stereocenters. The largest absolute Gasteiger partial charge is 0.504 e. The summed E-state index contributed by atoms with van der Waals surface area (Å²) in [4.78, 5) is 0. The van der Waals surface area contributed by atoms with E-state index in [0.29, 0.717) is 10.9 Å². The van der Waals surface area contributed by atoms with Crippen molar-refractivity contribution in [3.63, 3.8) is 0 Å². The Bertz CT molecular complexity index is 979. The van der Waals surface area contributed by atoms with Crippen molar-refractivity contribution in [1.82, 2.24) is 5.32 Å². The van der Waals surface area contributed by atoms with Crippen LogP contribution in [0.1, 0.15) is 36.0 Å². The highest BCUT2D eigenvalue weighted by Crippen LogP contribution is 2.27. The van der Waals surface area contributed by atoms with Crippen LogP contribution in [0.3, 0.4) is 0 Å². The van der Waals surface area contributed by atoms with Crippen molar-refractivity contribution in [3.05, 3.63) is 95.6 Å². The Hall–Kier alpha value is -3.05. The second-order valence-corrected chi connectivity index (χ2v) is 8.48. The fraction of sp³-hybridized carbons (Fsp3) is 0.321. The SMILES string of the molecule is COc1cc(CCC(CCCc2ccccc2)OC(=S)NCCc2ccccc2)ccc1O. The third-order valence-electron chi connectivity index (χ3n) is 5.63. The zero-order chi connectivity index (χ0) is 23.3. The molecule has 0 heterocycles. The molecule has 5 heteroatoms. The van der Waals surface area contributed by atoms with Gasteiger partial charge in [0.15, 0.2) is 11.5 Å². The Morgan fingerprint density at radius 3 is 2.18 bits per heavy atom. The lowest BCUT2D eigenvalue weighted by Gasteiger charge is -2.20. The predicted octanol–water partition coefficient (Wildman–Crippen LogP) is 5.86. The fourth-order valence-corrected chi connectivity index (χ4v) is 4.03. The van der Waals surface area contributed by atoms with Gasteiger partial charge in [0.25, 0.3) is 5.17 Å². The van der Waals surface area contributed by atoms with Gasteiger partial charge in [-0.3, -0.25) is 0 Å². The molecule has 0 amide bonds. The summed E-state index contributed by atoms with van der Waals surface area (Å²) >= 11 is 5.49. The molecule has 33 heavy (non-hydrogen) atoms. The van der Waals surface area contributed by atoms with Gasteiger partial charge in [0, 0.05) is 6.54 Å². The molecular weight excluding hydrogens is 430 g/mol. The first-order valence-electron chi connectivity index (χ1n) is 11.5. The molecule has 174 valence electrons. The Balaban J connectivity index is 1.52. The van der Waals surface area contributed by atoms with Gasteiger partial charge in [-0.25, -0.2) is 0 Å². The van der Waals surface area contributed by atoms with Crippen molar-refractivity contribution < 1.29 is 14.6 Å². The molecule has 0 saturated heterocycles. The Labute approximate surface area is 202 Å². The number of benzene rings is 3. The molecule has 0 spiro atoms. The number of nitrogens with one attached hydrogen (secondary N) is 1. The molecule has 2 N–H and O–H groups in total. The summed E-state index contributed by atoms with van der Waals surface area (Å²) < 4.78 is 11.4. The molecule has 0 aliphatic carbocycles. The summed E-state index contributed by atoms with van der Waals surface area (Å²) in [5, 5.41) is 13.6. The highest BCUT2D eigenvalue weighted by Gasteiger charge is 2.14. The first-order valence-corrected chi connectivity index (χ1v) is 11.9. The molecule has 0 fully saturated rings. The number of methoxy groups -OCH3 is 1. The van der Waals surface area contributed by atoms with Crippen LogP contribution in [-0.2, 0) is 24.0 Å². The van der Waals surface area contributed by atoms with Gasteiger partial charge in [-0.1, -0.05) is 66.7 Å². The van der Waals surface area contributed by atoms with E-state index in [1.54, 1.807) is 13.2 Å². The molecule has 1 atom stereocenters. The van der Waals surface area contributed by atoms with E-state index < -0.39 is 0 Å². The Morgan fingerprint density at radius 2 is 1.52 bits per heavy atom. The van der Waals surface area contributed by atoms with Gasteiger partial charge < -0.3 is 19.9 Å². The first kappa shape index (κ1) is 24.6. The number of aromatic hydroxyl groups is 1. The van der Waals surface area contributed by atoms with E-state index in [9.17, 15) is 5.11 Å². The normalized spacial score (nSPS) is 11.5. The number of aryl methyl sites for hydroxylation is 2. The average Bonchev–Trinajstić information content (AvgIpc) is 2.84. The summed E-state index contributed by atoms with van der Waals surface area (Å²) in [7, 11) is 1.56. The van der Waals surface area contributed by atoms with Crippen LogP contribution in [-0.4, -0.2) is 30.0 Å². The molecular formula is C28H33NO3S. The summed E-state index contributed by atoms with van der Waals surface area (Å²) in [6.07, 6.45) is 5.54. The number of hydrogen-bond acceptors (Lipinski definition) is 4. The number of rotatable bonds is 12. The number of phenolic OH excluding ortho intramolecular Hbond substituents is 1. The monoisotopic (exact) mass is 463 g/mol. The lowest BCUT2D eigenvalue weighted by molar-refractivity contribution is 0.163. The van der Waals surface area contributed by atoms with Crippen LogP contribution in [0.5, 0.6) is 11.5 Å². The maximum Gasteiger partial charge on any atom is 0.256 e. The van der Waals surface area contributed by atoms with Crippen molar-refractivity contribution in [2.75, 3.05) is 13.7 Å². The molecule has 0 aliphatic heterocycles. The molecule has 3 aromatic carbocycles. The summed E-state index contributed by atoms with van der Waals surface area (Å²) in [6.45, 7) is 0.745. The van der Waals surface area contributed by atoms with Gasteiger partial charge in [0.05, 0.1) is 7.11 Å². The summed E-state index contributed by atoms with van der Waals surface area (Å²) in [6, 6.07) is 26.3. The molecule has 3 aromatic rings. The van der Waals surface area contributed by atoms with Crippen LogP contribution in [0.25, 0.3) is 0 Å². The highest BCUT2D eigenvalue weighted by atomic mass is 32.1. The van der Waals surface area contributed by atoms with Crippen LogP contribution in [0, 0.1) is 0 Å². The van der Waals surface area contributed by atoms with Crippen LogP contribution < -0.4 is 10.1 Å². The topological polar surface area (TPSA) is 50.7 Å². The van der Waals surface area contributed by atoms with Gasteiger partial charge in [-0.05, 0) is 79.6 Å². The van der Waals surface area contributed by atoms with Crippen LogP contribution in [0.15, 0.2) is 78.9 Å². The smallest absolute Gasteiger partial charge is 0.256 e. The van der Waals surface area contributed by atoms with Gasteiger partial charge in [0.2, 0.25) is 0 Å². The summed E-state index contributed by atoms with van der Waals surface area (Å²) in [5.74, 6) is 0.646. The molecule has 0 saturated carbocycles. The highest BCUT2D eigenvalue weighted by molar-refractivity contribution is 7.80. The maximum atomic E-state index is 9.85. The van der Waals surface area contributed by atoms with Crippen molar-refractivity contribution in [2.45, 2.75) is 44.6 Å².